The molecule has 0 rings (SSSR count). The van der Waals surface area contributed by atoms with Gasteiger partial charge in [-0.05, 0) is 44.9 Å². The topological polar surface area (TPSA) is 131 Å². The lowest BCUT2D eigenvalue weighted by atomic mass is 10.1. The molecule has 9 heteroatoms. The monoisotopic (exact) mass is 600 g/mol. The molecule has 0 aromatic rings. The van der Waals surface area contributed by atoms with Gasteiger partial charge in [0.25, 0.3) is 0 Å². The lowest BCUT2D eigenvalue weighted by Gasteiger charge is -2.23. The highest BCUT2D eigenvalue weighted by atomic mass is 31.2. The molecule has 3 unspecified atom stereocenters. The first-order valence-electron chi connectivity index (χ1n) is 16.1. The smallest absolute Gasteiger partial charge is 0.387 e. The van der Waals surface area contributed by atoms with E-state index in [-0.39, 0.29) is 25.7 Å². The summed E-state index contributed by atoms with van der Waals surface area (Å²) in [4.78, 5) is 22.4. The third-order valence-corrected chi connectivity index (χ3v) is 7.69. The summed E-state index contributed by atoms with van der Waals surface area (Å²) in [6.07, 6.45) is 30.5. The number of hydrogen-bond acceptors (Lipinski definition) is 6. The molecule has 0 saturated heterocycles. The number of carbonyl (C=O) groups excluding carboxylic acids is 1. The van der Waals surface area contributed by atoms with Gasteiger partial charge >= 0.3 is 7.82 Å². The van der Waals surface area contributed by atoms with Gasteiger partial charge in [-0.3, -0.25) is 13.8 Å². The molecule has 5 N–H and O–H groups in total. The number of nitrogens with two attached hydrogens (primary N) is 1. The minimum atomic E-state index is -4.32. The van der Waals surface area contributed by atoms with E-state index in [9.17, 15) is 19.4 Å². The number of allylic oxidation sites excluding steroid dienone is 5. The Morgan fingerprint density at radius 2 is 1.37 bits per heavy atom. The number of rotatable bonds is 29. The van der Waals surface area contributed by atoms with E-state index in [0.29, 0.717) is 6.42 Å². The Bertz CT molecular complexity index is 744. The van der Waals surface area contributed by atoms with E-state index in [1.807, 2.05) is 6.08 Å². The Balaban J connectivity index is 4.40. The molecule has 0 aromatic heterocycles. The summed E-state index contributed by atoms with van der Waals surface area (Å²) < 4.78 is 21.9. The predicted molar refractivity (Wildman–Crippen MR) is 171 cm³/mol. The molecule has 0 heterocycles. The third kappa shape index (κ3) is 27.3. The van der Waals surface area contributed by atoms with Gasteiger partial charge in [-0.2, -0.15) is 0 Å². The number of nitrogens with one attached hydrogen (secondary N) is 1. The lowest BCUT2D eigenvalue weighted by Crippen LogP contribution is -2.45. The second-order valence-electron chi connectivity index (χ2n) is 10.7. The lowest BCUT2D eigenvalue weighted by molar-refractivity contribution is -0.123. The summed E-state index contributed by atoms with van der Waals surface area (Å²) in [7, 11) is -4.32. The molecule has 0 aliphatic heterocycles. The summed E-state index contributed by atoms with van der Waals surface area (Å²) in [6, 6.07) is -0.862. The van der Waals surface area contributed by atoms with Crippen molar-refractivity contribution >= 4 is 13.7 Å². The molecule has 0 spiro atoms. The summed E-state index contributed by atoms with van der Waals surface area (Å²) in [6.45, 7) is 4.00. The average molecular weight is 601 g/mol. The highest BCUT2D eigenvalue weighted by molar-refractivity contribution is 7.47. The predicted octanol–water partition coefficient (Wildman–Crippen LogP) is 7.65. The minimum absolute atomic E-state index is 0.0748. The zero-order chi connectivity index (χ0) is 30.4. The number of phosphoric acid groups is 1. The molecule has 1 amide bonds. The number of phosphoric ester groups is 1. The number of amides is 1. The van der Waals surface area contributed by atoms with Gasteiger partial charge in [-0.15, -0.1) is 0 Å². The van der Waals surface area contributed by atoms with Crippen LogP contribution in [0.25, 0.3) is 0 Å². The van der Waals surface area contributed by atoms with Crippen LogP contribution in [-0.2, 0) is 18.4 Å². The fourth-order valence-electron chi connectivity index (χ4n) is 4.20. The van der Waals surface area contributed by atoms with Crippen molar-refractivity contribution < 1.29 is 28.4 Å². The Morgan fingerprint density at radius 3 is 2.00 bits per heavy atom. The van der Waals surface area contributed by atoms with Crippen molar-refractivity contribution in [1.29, 1.82) is 0 Å². The van der Waals surface area contributed by atoms with Gasteiger partial charge in [-0.1, -0.05) is 115 Å². The van der Waals surface area contributed by atoms with Crippen LogP contribution in [0.15, 0.2) is 36.5 Å². The molecular weight excluding hydrogens is 539 g/mol. The maximum atomic E-state index is 12.6. The summed E-state index contributed by atoms with van der Waals surface area (Å²) in [5.41, 5.74) is 5.32. The summed E-state index contributed by atoms with van der Waals surface area (Å²) >= 11 is 0. The van der Waals surface area contributed by atoms with E-state index in [0.717, 1.165) is 64.2 Å². The van der Waals surface area contributed by atoms with E-state index in [1.165, 1.54) is 44.9 Å². The van der Waals surface area contributed by atoms with E-state index < -0.39 is 20.0 Å². The SMILES string of the molecule is CCCC/C=C\C/C=C\CCCCCCCC(=O)NC(COP(=O)(O)OCCN)C(O)/C=C/CCCCCCCC. The minimum Gasteiger partial charge on any atom is -0.387 e. The maximum absolute atomic E-state index is 12.6. The molecule has 41 heavy (non-hydrogen) atoms. The largest absolute Gasteiger partial charge is 0.472 e. The van der Waals surface area contributed by atoms with Crippen LogP contribution >= 0.6 is 7.82 Å². The first-order valence-corrected chi connectivity index (χ1v) is 17.6. The van der Waals surface area contributed by atoms with E-state index in [4.69, 9.17) is 14.8 Å². The van der Waals surface area contributed by atoms with Gasteiger partial charge in [0.1, 0.15) is 0 Å². The highest BCUT2D eigenvalue weighted by Crippen LogP contribution is 2.43. The Hall–Kier alpha value is -1.28. The Kier molecular flexibility index (Phi) is 27.9. The molecule has 0 bridgehead atoms. The fourth-order valence-corrected chi connectivity index (χ4v) is 4.96. The fraction of sp³-hybridized carbons (Fsp3) is 0.781. The van der Waals surface area contributed by atoms with Gasteiger partial charge in [0.05, 0.1) is 25.4 Å². The number of carbonyl (C=O) groups is 1. The van der Waals surface area contributed by atoms with Crippen molar-refractivity contribution in [3.63, 3.8) is 0 Å². The third-order valence-electron chi connectivity index (χ3n) is 6.71. The van der Waals surface area contributed by atoms with Gasteiger partial charge < -0.3 is 21.1 Å². The van der Waals surface area contributed by atoms with Crippen molar-refractivity contribution in [3.05, 3.63) is 36.5 Å². The van der Waals surface area contributed by atoms with Gasteiger partial charge in [-0.25, -0.2) is 4.57 Å². The number of aliphatic hydroxyl groups is 1. The molecule has 240 valence electrons. The van der Waals surface area contributed by atoms with Crippen molar-refractivity contribution in [2.45, 2.75) is 142 Å². The molecule has 0 aliphatic carbocycles. The Morgan fingerprint density at radius 1 is 0.805 bits per heavy atom. The molecule has 0 radical (unpaired) electrons. The van der Waals surface area contributed by atoms with Crippen LogP contribution < -0.4 is 11.1 Å². The molecule has 0 fully saturated rings. The number of aliphatic hydroxyl groups excluding tert-OH is 1. The van der Waals surface area contributed by atoms with Crippen LogP contribution in [0.5, 0.6) is 0 Å². The van der Waals surface area contributed by atoms with E-state index in [1.54, 1.807) is 6.08 Å². The highest BCUT2D eigenvalue weighted by Gasteiger charge is 2.26. The molecular formula is C32H61N2O6P. The van der Waals surface area contributed by atoms with Crippen LogP contribution in [0.3, 0.4) is 0 Å². The standard InChI is InChI=1S/C32H61N2O6P/c1-3-5-7-9-11-13-14-15-16-17-18-20-22-24-26-32(36)34-30(29-40-41(37,38)39-28-27-33)31(35)25-23-21-19-12-10-8-6-4-2/h9,11,14-15,23,25,30-31,35H,3-8,10,12-13,16-22,24,26-29,33H2,1-2H3,(H,34,36)(H,37,38)/b11-9-,15-14-,25-23+. The van der Waals surface area contributed by atoms with Gasteiger partial charge in [0.15, 0.2) is 0 Å². The van der Waals surface area contributed by atoms with Crippen LogP contribution in [-0.4, -0.2) is 47.8 Å². The number of unbranched alkanes of at least 4 members (excludes halogenated alkanes) is 13. The van der Waals surface area contributed by atoms with E-state index >= 15 is 0 Å². The quantitative estimate of drug-likeness (QED) is 0.0394. The van der Waals surface area contributed by atoms with Gasteiger partial charge in [0.2, 0.25) is 5.91 Å². The van der Waals surface area contributed by atoms with Crippen molar-refractivity contribution in [2.24, 2.45) is 5.73 Å². The zero-order valence-corrected chi connectivity index (χ0v) is 26.9. The normalized spacial score (nSPS) is 15.1. The second-order valence-corrected chi connectivity index (χ2v) is 12.1. The molecule has 0 aromatic carbocycles. The van der Waals surface area contributed by atoms with Crippen molar-refractivity contribution in [2.75, 3.05) is 19.8 Å². The average Bonchev–Trinajstić information content (AvgIpc) is 2.95. The summed E-state index contributed by atoms with van der Waals surface area (Å²) in [5, 5.41) is 13.5. The molecule has 8 nitrogen and oxygen atoms in total. The molecule has 0 saturated carbocycles. The van der Waals surface area contributed by atoms with Gasteiger partial charge in [0, 0.05) is 13.0 Å². The number of hydrogen-bond donors (Lipinski definition) is 4. The van der Waals surface area contributed by atoms with Crippen LogP contribution in [0, 0.1) is 0 Å². The molecule has 0 aliphatic rings. The first-order chi connectivity index (χ1) is 19.9. The zero-order valence-electron chi connectivity index (χ0n) is 26.0. The van der Waals surface area contributed by atoms with Crippen LogP contribution in [0.2, 0.25) is 0 Å². The maximum Gasteiger partial charge on any atom is 0.472 e. The Labute approximate surface area is 250 Å². The van der Waals surface area contributed by atoms with Crippen LogP contribution in [0.1, 0.15) is 129 Å². The second kappa shape index (κ2) is 28.8. The van der Waals surface area contributed by atoms with Crippen LogP contribution in [0.4, 0.5) is 0 Å². The summed E-state index contributed by atoms with van der Waals surface area (Å²) in [5.74, 6) is -0.215. The molecule has 3 atom stereocenters. The van der Waals surface area contributed by atoms with Crippen molar-refractivity contribution in [1.82, 2.24) is 5.32 Å². The van der Waals surface area contributed by atoms with Crippen molar-refractivity contribution in [3.8, 4) is 0 Å². The van der Waals surface area contributed by atoms with E-state index in [2.05, 4.69) is 43.5 Å². The first kappa shape index (κ1) is 39.7.